The molecule has 4 heteroatoms. The molecule has 1 aromatic heterocycles. The highest BCUT2D eigenvalue weighted by Crippen LogP contribution is 2.26. The molecular formula is C14H23NO3. The van der Waals surface area contributed by atoms with E-state index in [1.165, 1.54) is 0 Å². The zero-order valence-electron chi connectivity index (χ0n) is 11.2. The van der Waals surface area contributed by atoms with Crippen molar-refractivity contribution in [2.45, 2.75) is 38.8 Å². The fourth-order valence-corrected chi connectivity index (χ4v) is 2.19. The zero-order valence-corrected chi connectivity index (χ0v) is 11.2. The van der Waals surface area contributed by atoms with Crippen molar-refractivity contribution in [1.29, 1.82) is 0 Å². The maximum absolute atomic E-state index is 6.13. The third-order valence-corrected chi connectivity index (χ3v) is 3.44. The van der Waals surface area contributed by atoms with Crippen LogP contribution in [-0.4, -0.2) is 25.9 Å². The highest BCUT2D eigenvalue weighted by Gasteiger charge is 2.25. The number of nitrogens with two attached hydrogens (primary N) is 1. The van der Waals surface area contributed by atoms with Crippen LogP contribution in [0.2, 0.25) is 0 Å². The molecule has 2 heterocycles. The lowest BCUT2D eigenvalue weighted by molar-refractivity contribution is -0.00283. The van der Waals surface area contributed by atoms with E-state index in [1.807, 2.05) is 19.1 Å². The zero-order chi connectivity index (χ0) is 13.0. The van der Waals surface area contributed by atoms with Gasteiger partial charge in [-0.25, -0.2) is 0 Å². The van der Waals surface area contributed by atoms with E-state index in [0.717, 1.165) is 37.6 Å². The van der Waals surface area contributed by atoms with Crippen LogP contribution >= 0.6 is 0 Å². The minimum atomic E-state index is -0.149. The van der Waals surface area contributed by atoms with Crippen LogP contribution in [0.3, 0.4) is 0 Å². The summed E-state index contributed by atoms with van der Waals surface area (Å²) in [6.45, 7) is 6.33. The lowest BCUT2D eigenvalue weighted by Crippen LogP contribution is -2.30. The summed E-state index contributed by atoms with van der Waals surface area (Å²) in [6.07, 6.45) is 1.79. The number of rotatable bonds is 6. The van der Waals surface area contributed by atoms with E-state index in [2.05, 4.69) is 6.92 Å². The van der Waals surface area contributed by atoms with Gasteiger partial charge in [0.15, 0.2) is 0 Å². The van der Waals surface area contributed by atoms with Gasteiger partial charge in [0.05, 0.1) is 13.2 Å². The molecule has 0 bridgehead atoms. The number of hydrogen-bond donors (Lipinski definition) is 1. The summed E-state index contributed by atoms with van der Waals surface area (Å²) in [5.74, 6) is 2.22. The van der Waals surface area contributed by atoms with Crippen LogP contribution in [0.5, 0.6) is 0 Å². The molecule has 18 heavy (non-hydrogen) atoms. The maximum Gasteiger partial charge on any atom is 0.134 e. The van der Waals surface area contributed by atoms with Crippen molar-refractivity contribution in [3.8, 4) is 0 Å². The molecule has 0 amide bonds. The molecule has 1 aliphatic rings. The highest BCUT2D eigenvalue weighted by atomic mass is 16.5. The summed E-state index contributed by atoms with van der Waals surface area (Å²) in [5, 5.41) is 0. The molecule has 4 nitrogen and oxygen atoms in total. The molecule has 2 rings (SSSR count). The number of furan rings is 1. The third kappa shape index (κ3) is 3.34. The molecule has 1 aliphatic heterocycles. The molecule has 102 valence electrons. The fraction of sp³-hybridized carbons (Fsp3) is 0.714. The Kier molecular flexibility index (Phi) is 4.80. The van der Waals surface area contributed by atoms with Gasteiger partial charge in [-0.15, -0.1) is 0 Å². The first-order valence-corrected chi connectivity index (χ1v) is 6.72. The Morgan fingerprint density at radius 3 is 2.89 bits per heavy atom. The van der Waals surface area contributed by atoms with Crippen molar-refractivity contribution < 1.29 is 13.9 Å². The monoisotopic (exact) mass is 253 g/mol. The molecule has 2 N–H and O–H groups in total. The number of ether oxygens (including phenoxy) is 2. The van der Waals surface area contributed by atoms with Crippen LogP contribution in [0, 0.1) is 12.8 Å². The SMILES string of the molecule is CCC(N)C(OCC1CCOC1)c1ccc(C)o1. The summed E-state index contributed by atoms with van der Waals surface area (Å²) in [5.41, 5.74) is 6.13. The van der Waals surface area contributed by atoms with E-state index in [0.29, 0.717) is 12.5 Å². The molecular weight excluding hydrogens is 230 g/mol. The van der Waals surface area contributed by atoms with Gasteiger partial charge in [0, 0.05) is 18.6 Å². The van der Waals surface area contributed by atoms with Crippen LogP contribution in [-0.2, 0) is 9.47 Å². The van der Waals surface area contributed by atoms with Crippen LogP contribution in [0.4, 0.5) is 0 Å². The normalized spacial score (nSPS) is 23.2. The molecule has 0 saturated carbocycles. The number of hydrogen-bond acceptors (Lipinski definition) is 4. The van der Waals surface area contributed by atoms with Crippen LogP contribution < -0.4 is 5.73 Å². The van der Waals surface area contributed by atoms with Crippen LogP contribution in [0.25, 0.3) is 0 Å². The Hall–Kier alpha value is -0.840. The van der Waals surface area contributed by atoms with Gasteiger partial charge >= 0.3 is 0 Å². The van der Waals surface area contributed by atoms with Gasteiger partial charge in [-0.05, 0) is 31.9 Å². The summed E-state index contributed by atoms with van der Waals surface area (Å²) in [6, 6.07) is 3.88. The molecule has 0 radical (unpaired) electrons. The average Bonchev–Trinajstić information content (AvgIpc) is 3.01. The van der Waals surface area contributed by atoms with Gasteiger partial charge in [0.2, 0.25) is 0 Å². The van der Waals surface area contributed by atoms with Gasteiger partial charge in [-0.3, -0.25) is 0 Å². The van der Waals surface area contributed by atoms with E-state index >= 15 is 0 Å². The Morgan fingerprint density at radius 1 is 1.50 bits per heavy atom. The summed E-state index contributed by atoms with van der Waals surface area (Å²) in [4.78, 5) is 0. The molecule has 0 aliphatic carbocycles. The Balaban J connectivity index is 1.96. The van der Waals surface area contributed by atoms with Crippen LogP contribution in [0.15, 0.2) is 16.5 Å². The standard InChI is InChI=1S/C14H23NO3/c1-3-12(15)14(13-5-4-10(2)18-13)17-9-11-6-7-16-8-11/h4-5,11-12,14H,3,6-9,15H2,1-2H3. The predicted molar refractivity (Wildman–Crippen MR) is 69.3 cm³/mol. The van der Waals surface area contributed by atoms with E-state index in [1.54, 1.807) is 0 Å². The van der Waals surface area contributed by atoms with Crippen molar-refractivity contribution in [3.05, 3.63) is 23.7 Å². The highest BCUT2D eigenvalue weighted by molar-refractivity contribution is 5.10. The summed E-state index contributed by atoms with van der Waals surface area (Å²) >= 11 is 0. The third-order valence-electron chi connectivity index (χ3n) is 3.44. The Bertz CT molecular complexity index is 358. The lowest BCUT2D eigenvalue weighted by atomic mass is 10.1. The van der Waals surface area contributed by atoms with E-state index in [-0.39, 0.29) is 12.1 Å². The quantitative estimate of drug-likeness (QED) is 0.846. The van der Waals surface area contributed by atoms with Gasteiger partial charge < -0.3 is 19.6 Å². The molecule has 1 aromatic rings. The van der Waals surface area contributed by atoms with Crippen molar-refractivity contribution in [3.63, 3.8) is 0 Å². The molecule has 0 aromatic carbocycles. The largest absolute Gasteiger partial charge is 0.464 e. The minimum Gasteiger partial charge on any atom is -0.464 e. The smallest absolute Gasteiger partial charge is 0.134 e. The van der Waals surface area contributed by atoms with E-state index in [4.69, 9.17) is 19.6 Å². The van der Waals surface area contributed by atoms with Crippen LogP contribution in [0.1, 0.15) is 37.4 Å². The summed E-state index contributed by atoms with van der Waals surface area (Å²) < 4.78 is 17.0. The second kappa shape index (κ2) is 6.36. The topological polar surface area (TPSA) is 57.6 Å². The molecule has 1 saturated heterocycles. The van der Waals surface area contributed by atoms with Crippen molar-refractivity contribution in [2.24, 2.45) is 11.7 Å². The van der Waals surface area contributed by atoms with Gasteiger partial charge in [0.1, 0.15) is 17.6 Å². The predicted octanol–water partition coefficient (Wildman–Crippen LogP) is 2.42. The lowest BCUT2D eigenvalue weighted by Gasteiger charge is -2.23. The van der Waals surface area contributed by atoms with Gasteiger partial charge in [-0.2, -0.15) is 0 Å². The first kappa shape index (κ1) is 13.6. The molecule has 1 fully saturated rings. The molecule has 3 atom stereocenters. The second-order valence-corrected chi connectivity index (χ2v) is 5.00. The van der Waals surface area contributed by atoms with E-state index < -0.39 is 0 Å². The average molecular weight is 253 g/mol. The van der Waals surface area contributed by atoms with Gasteiger partial charge in [-0.1, -0.05) is 6.92 Å². The van der Waals surface area contributed by atoms with Crippen molar-refractivity contribution in [2.75, 3.05) is 19.8 Å². The van der Waals surface area contributed by atoms with Crippen molar-refractivity contribution in [1.82, 2.24) is 0 Å². The summed E-state index contributed by atoms with van der Waals surface area (Å²) in [7, 11) is 0. The molecule has 3 unspecified atom stereocenters. The fourth-order valence-electron chi connectivity index (χ4n) is 2.19. The molecule has 0 spiro atoms. The Morgan fingerprint density at radius 2 is 2.33 bits per heavy atom. The first-order valence-electron chi connectivity index (χ1n) is 6.72. The second-order valence-electron chi connectivity index (χ2n) is 5.00. The first-order chi connectivity index (χ1) is 8.70. The van der Waals surface area contributed by atoms with Gasteiger partial charge in [0.25, 0.3) is 0 Å². The number of aryl methyl sites for hydroxylation is 1. The Labute approximate surface area is 108 Å². The van der Waals surface area contributed by atoms with E-state index in [9.17, 15) is 0 Å². The van der Waals surface area contributed by atoms with Crippen molar-refractivity contribution >= 4 is 0 Å². The minimum absolute atomic E-state index is 0.0297. The maximum atomic E-state index is 6.13.